The number of nitrogens with one attached hydrogen (secondary N) is 1. The molecular formula is C52H65N5O13S. The Morgan fingerprint density at radius 2 is 1.56 bits per heavy atom. The van der Waals surface area contributed by atoms with Crippen molar-refractivity contribution in [3.8, 4) is 16.9 Å². The fourth-order valence-corrected chi connectivity index (χ4v) is 10.6. The Kier molecular flexibility index (Phi) is 18.3. The highest BCUT2D eigenvalue weighted by atomic mass is 32.2. The molecule has 382 valence electrons. The SMILES string of the molecule is CCCC(=O)Cc1cc(COC(=O)NCC2CN(S(=O)(=O)c3cccc(-c4ccc5c(c4)N=C(N)CC(C(=O)N(CCC)CCC)=C5)c3)C2)ccc1O[C@@H]1O[C@H](C(C)=O)[C@@H](C)[C@H](OC(C)=O)[C@H]1OC(C)=O. The van der Waals surface area contributed by atoms with Crippen LogP contribution in [-0.2, 0) is 66.0 Å². The van der Waals surface area contributed by atoms with E-state index >= 15 is 0 Å². The van der Waals surface area contributed by atoms with Crippen LogP contribution in [0.15, 0.2) is 76.1 Å². The van der Waals surface area contributed by atoms with E-state index in [9.17, 15) is 37.2 Å². The predicted molar refractivity (Wildman–Crippen MR) is 264 cm³/mol. The molecule has 0 aromatic heterocycles. The van der Waals surface area contributed by atoms with E-state index in [0.29, 0.717) is 53.3 Å². The number of nitrogens with two attached hydrogens (primary N) is 1. The van der Waals surface area contributed by atoms with Gasteiger partial charge in [-0.05, 0) is 79.3 Å². The molecule has 5 atom stereocenters. The summed E-state index contributed by atoms with van der Waals surface area (Å²) in [5.41, 5.74) is 10.5. The van der Waals surface area contributed by atoms with E-state index in [0.717, 1.165) is 24.0 Å². The number of hydrogen-bond acceptors (Lipinski definition) is 15. The molecule has 3 aliphatic heterocycles. The van der Waals surface area contributed by atoms with Crippen molar-refractivity contribution in [1.29, 1.82) is 0 Å². The molecule has 0 saturated carbocycles. The van der Waals surface area contributed by atoms with Gasteiger partial charge in [0.05, 0.1) is 10.6 Å². The number of fused-ring (bicyclic) bond motifs is 1. The number of aliphatic imine (C=N–C) groups is 1. The lowest BCUT2D eigenvalue weighted by Crippen LogP contribution is -2.59. The van der Waals surface area contributed by atoms with Crippen molar-refractivity contribution in [2.24, 2.45) is 22.6 Å². The van der Waals surface area contributed by atoms with Crippen LogP contribution in [0, 0.1) is 11.8 Å². The topological polar surface area (TPSA) is 240 Å². The molecule has 2 fully saturated rings. The Bertz CT molecular complexity index is 2660. The number of amides is 2. The molecule has 19 heteroatoms. The largest absolute Gasteiger partial charge is 0.460 e. The zero-order valence-corrected chi connectivity index (χ0v) is 42.3. The molecule has 0 radical (unpaired) electrons. The van der Waals surface area contributed by atoms with E-state index in [2.05, 4.69) is 10.3 Å². The van der Waals surface area contributed by atoms with Crippen LogP contribution in [0.4, 0.5) is 10.5 Å². The molecule has 0 aliphatic carbocycles. The van der Waals surface area contributed by atoms with E-state index in [-0.39, 0.29) is 79.5 Å². The number of benzene rings is 3. The average Bonchev–Trinajstić information content (AvgIpc) is 3.47. The molecule has 2 amide bonds. The van der Waals surface area contributed by atoms with Gasteiger partial charge in [0.1, 0.15) is 30.1 Å². The minimum atomic E-state index is -3.88. The molecule has 3 aromatic carbocycles. The predicted octanol–water partition coefficient (Wildman–Crippen LogP) is 6.43. The highest BCUT2D eigenvalue weighted by Crippen LogP contribution is 2.36. The minimum absolute atomic E-state index is 0.0571. The number of sulfonamides is 1. The lowest BCUT2D eigenvalue weighted by Gasteiger charge is -2.43. The fourth-order valence-electron chi connectivity index (χ4n) is 8.92. The summed E-state index contributed by atoms with van der Waals surface area (Å²) in [6.07, 6.45) is -0.966. The van der Waals surface area contributed by atoms with Gasteiger partial charge in [-0.1, -0.05) is 58.0 Å². The van der Waals surface area contributed by atoms with Gasteiger partial charge in [0.25, 0.3) is 0 Å². The van der Waals surface area contributed by atoms with Crippen LogP contribution in [0.5, 0.6) is 5.75 Å². The minimum Gasteiger partial charge on any atom is -0.460 e. The molecule has 3 heterocycles. The summed E-state index contributed by atoms with van der Waals surface area (Å²) < 4.78 is 57.7. The highest BCUT2D eigenvalue weighted by molar-refractivity contribution is 7.89. The Balaban J connectivity index is 1.06. The first-order chi connectivity index (χ1) is 33.8. The molecule has 3 aliphatic rings. The first-order valence-electron chi connectivity index (χ1n) is 24.1. The number of carbonyl (C=O) groups is 6. The number of nitrogens with zero attached hydrogens (tertiary/aromatic N) is 3. The maximum atomic E-state index is 13.8. The van der Waals surface area contributed by atoms with Crippen LogP contribution >= 0.6 is 0 Å². The smallest absolute Gasteiger partial charge is 0.407 e. The molecule has 2 saturated heterocycles. The van der Waals surface area contributed by atoms with Gasteiger partial charge in [0, 0.05) is 94.4 Å². The van der Waals surface area contributed by atoms with Crippen LogP contribution in [0.1, 0.15) is 97.3 Å². The second kappa shape index (κ2) is 24.1. The lowest BCUT2D eigenvalue weighted by molar-refractivity contribution is -0.261. The standard InChI is InChI=1S/C52H65N5O13S/c1-8-12-42(61)23-40-21-35(15-18-45(40)69-51-49(68-34(7)60)48(67-33(6)59)31(4)47(70-51)32(5)58)30-66-52(63)54-27-36-28-57(29-36)71(64,65)43-14-11-13-37(24-43)38-16-17-39-22-41(26-46(53)55-44(39)25-38)50(62)56(19-9-2)20-10-3/h11,13-18,21-22,24-25,31,36,47-49,51H,8-10,12,19-20,23,26-30H2,1-7H3,(H2,53,55)(H,54,63)/t31-,47+,48+,49-,51-/m1/s1. The van der Waals surface area contributed by atoms with Crippen molar-refractivity contribution < 1.29 is 60.9 Å². The third kappa shape index (κ3) is 13.7. The van der Waals surface area contributed by atoms with Gasteiger partial charge < -0.3 is 39.6 Å². The van der Waals surface area contributed by atoms with E-state index < -0.39 is 58.6 Å². The lowest BCUT2D eigenvalue weighted by atomic mass is 9.88. The first-order valence-corrected chi connectivity index (χ1v) is 25.5. The number of hydrogen-bond donors (Lipinski definition) is 2. The third-order valence-electron chi connectivity index (χ3n) is 12.3. The summed E-state index contributed by atoms with van der Waals surface area (Å²) in [7, 11) is -3.88. The van der Waals surface area contributed by atoms with Gasteiger partial charge in [-0.2, -0.15) is 4.31 Å². The molecule has 0 unspecified atom stereocenters. The van der Waals surface area contributed by atoms with E-state index in [4.69, 9.17) is 29.4 Å². The maximum absolute atomic E-state index is 13.8. The van der Waals surface area contributed by atoms with Gasteiger partial charge in [-0.15, -0.1) is 0 Å². The molecular weight excluding hydrogens is 935 g/mol. The number of ether oxygens (including phenoxy) is 5. The van der Waals surface area contributed by atoms with E-state index in [1.54, 1.807) is 43.3 Å². The zero-order valence-electron chi connectivity index (χ0n) is 41.4. The summed E-state index contributed by atoms with van der Waals surface area (Å²) in [5, 5.41) is 2.71. The summed E-state index contributed by atoms with van der Waals surface area (Å²) in [5.74, 6) is -2.25. The summed E-state index contributed by atoms with van der Waals surface area (Å²) in [6.45, 7) is 12.9. The molecule has 0 spiro atoms. The first kappa shape index (κ1) is 53.9. The van der Waals surface area contributed by atoms with Crippen molar-refractivity contribution in [2.75, 3.05) is 32.7 Å². The number of carbonyl (C=O) groups excluding carboxylic acids is 6. The Hall–Kier alpha value is -6.44. The molecule has 18 nitrogen and oxygen atoms in total. The molecule has 3 N–H and O–H groups in total. The number of amidine groups is 1. The average molecular weight is 1000 g/mol. The zero-order chi connectivity index (χ0) is 51.6. The Morgan fingerprint density at radius 1 is 0.873 bits per heavy atom. The Morgan fingerprint density at radius 3 is 2.23 bits per heavy atom. The van der Waals surface area contributed by atoms with Crippen LogP contribution in [0.2, 0.25) is 0 Å². The number of ketones is 2. The van der Waals surface area contributed by atoms with Gasteiger partial charge >= 0.3 is 18.0 Å². The van der Waals surface area contributed by atoms with E-state index in [1.165, 1.54) is 25.1 Å². The summed E-state index contributed by atoms with van der Waals surface area (Å²) >= 11 is 0. The molecule has 0 bridgehead atoms. The second-order valence-corrected chi connectivity index (χ2v) is 20.2. The van der Waals surface area contributed by atoms with Crippen molar-refractivity contribution in [1.82, 2.24) is 14.5 Å². The van der Waals surface area contributed by atoms with Crippen LogP contribution in [-0.4, -0.2) is 116 Å². The number of alkyl carbamates (subject to hydrolysis) is 1. The van der Waals surface area contributed by atoms with Gasteiger partial charge in [0.15, 0.2) is 11.9 Å². The van der Waals surface area contributed by atoms with Gasteiger partial charge in [-0.25, -0.2) is 18.2 Å². The monoisotopic (exact) mass is 999 g/mol. The van der Waals surface area contributed by atoms with Crippen molar-refractivity contribution in [3.05, 3.63) is 82.9 Å². The van der Waals surface area contributed by atoms with Crippen LogP contribution in [0.25, 0.3) is 17.2 Å². The molecule has 3 aromatic rings. The summed E-state index contributed by atoms with van der Waals surface area (Å²) in [4.78, 5) is 82.8. The van der Waals surface area contributed by atoms with E-state index in [1.807, 2.05) is 56.0 Å². The summed E-state index contributed by atoms with van der Waals surface area (Å²) in [6, 6.07) is 17.0. The second-order valence-electron chi connectivity index (χ2n) is 18.3. The van der Waals surface area contributed by atoms with Crippen molar-refractivity contribution >= 4 is 63.1 Å². The van der Waals surface area contributed by atoms with Gasteiger partial charge in [0.2, 0.25) is 28.3 Å². The van der Waals surface area contributed by atoms with Crippen LogP contribution < -0.4 is 15.8 Å². The maximum Gasteiger partial charge on any atom is 0.407 e. The number of rotatable bonds is 21. The Labute approximate surface area is 415 Å². The quantitative estimate of drug-likeness (QED) is 0.0864. The fraction of sp³-hybridized carbons (Fsp3) is 0.481. The number of Topliss-reactive ketones (excluding diaryl/α,β-unsaturated/α-hetero) is 2. The van der Waals surface area contributed by atoms with Crippen LogP contribution in [0.3, 0.4) is 0 Å². The molecule has 6 rings (SSSR count). The van der Waals surface area contributed by atoms with Gasteiger partial charge in [-0.3, -0.25) is 24.0 Å². The normalized spacial score (nSPS) is 20.2. The highest BCUT2D eigenvalue weighted by Gasteiger charge is 2.51. The van der Waals surface area contributed by atoms with Crippen molar-refractivity contribution in [3.63, 3.8) is 0 Å². The number of esters is 2. The van der Waals surface area contributed by atoms with Crippen molar-refractivity contribution in [2.45, 2.75) is 123 Å². The molecule has 71 heavy (non-hydrogen) atoms. The third-order valence-corrected chi connectivity index (χ3v) is 14.2.